The maximum Gasteiger partial charge on any atom is 0.513 e. The second-order valence-electron chi connectivity index (χ2n) is 7.13. The molecule has 1 heterocycles. The topological polar surface area (TPSA) is 179 Å². The van der Waals surface area contributed by atoms with Crippen molar-refractivity contribution in [1.82, 2.24) is 5.32 Å². The molecule has 1 atom stereocenters. The number of para-hydroxylation sites is 1. The van der Waals surface area contributed by atoms with Crippen LogP contribution in [0.15, 0.2) is 47.2 Å². The number of allylic oxidation sites excluding steroid dienone is 2. The Morgan fingerprint density at radius 2 is 1.59 bits per heavy atom. The van der Waals surface area contributed by atoms with Gasteiger partial charge in [0.05, 0.1) is 22.4 Å². The summed E-state index contributed by atoms with van der Waals surface area (Å²) < 4.78 is 20.5. The van der Waals surface area contributed by atoms with E-state index in [9.17, 15) is 29.8 Å². The zero-order chi connectivity index (χ0) is 25.4. The number of hydrogen-bond acceptors (Lipinski definition) is 12. The van der Waals surface area contributed by atoms with Gasteiger partial charge in [-0.2, -0.15) is 0 Å². The van der Waals surface area contributed by atoms with E-state index < -0.39 is 47.6 Å². The molecule has 0 amide bonds. The van der Waals surface area contributed by atoms with E-state index in [2.05, 4.69) is 10.2 Å². The minimum Gasteiger partial charge on any atom is -0.432 e. The number of carbonyl (C=O) groups is 2. The number of dihydropyridines is 1. The lowest BCUT2D eigenvalue weighted by atomic mass is 9.89. The molecule has 0 saturated heterocycles. The van der Waals surface area contributed by atoms with Crippen LogP contribution in [0.25, 0.3) is 0 Å². The van der Waals surface area contributed by atoms with Gasteiger partial charge < -0.3 is 29.1 Å². The quantitative estimate of drug-likeness (QED) is 0.234. The molecule has 14 heteroatoms. The van der Waals surface area contributed by atoms with Crippen molar-refractivity contribution in [3.8, 4) is 0 Å². The summed E-state index contributed by atoms with van der Waals surface area (Å²) in [6, 6.07) is 5.65. The van der Waals surface area contributed by atoms with Crippen molar-refractivity contribution >= 4 is 18.0 Å². The third kappa shape index (κ3) is 6.82. The number of benzene rings is 1. The number of ether oxygens (including phenoxy) is 4. The van der Waals surface area contributed by atoms with Gasteiger partial charge in [0, 0.05) is 11.6 Å². The normalized spacial score (nSPS) is 15.4. The molecule has 0 bridgehead atoms. The van der Waals surface area contributed by atoms with E-state index in [1.54, 1.807) is 20.8 Å². The average molecular weight is 481 g/mol. The minimum atomic E-state index is -1.25. The van der Waals surface area contributed by atoms with E-state index in [1.165, 1.54) is 31.2 Å². The van der Waals surface area contributed by atoms with Crippen LogP contribution in [0.4, 0.5) is 15.3 Å². The maximum absolute atomic E-state index is 12.2. The zero-order valence-electron chi connectivity index (χ0n) is 18.8. The molecule has 1 aromatic carbocycles. The standard InChI is InChI=1S/C20H23N3O11/c1-11(2)32-20(25)34-18-13(4)21-12(3)17(33-19(24)30-9-10-31-23(28)29)16(18)14-7-5-6-8-15(14)22(26)27/h5-8,11,16,21H,9-10H2,1-4H3. The van der Waals surface area contributed by atoms with Gasteiger partial charge in [-0.3, -0.25) is 10.1 Å². The SMILES string of the molecule is CC1=C(OC(=O)OCCO[N+](=O)[O-])C(c2ccccc2[N+](=O)[O-])C(OC(=O)OC(C)C)=C(C)N1. The fraction of sp³-hybridized carbons (Fsp3) is 0.400. The number of nitro groups is 1. The Balaban J connectivity index is 2.43. The van der Waals surface area contributed by atoms with Crippen LogP contribution in [-0.2, 0) is 23.8 Å². The fourth-order valence-electron chi connectivity index (χ4n) is 3.07. The Morgan fingerprint density at radius 3 is 2.15 bits per heavy atom. The molecule has 0 aromatic heterocycles. The Labute approximate surface area is 193 Å². The summed E-state index contributed by atoms with van der Waals surface area (Å²) in [5.41, 5.74) is 0.354. The van der Waals surface area contributed by atoms with Crippen molar-refractivity contribution in [2.75, 3.05) is 13.2 Å². The number of nitro benzene ring substituents is 1. The van der Waals surface area contributed by atoms with Crippen LogP contribution in [0.5, 0.6) is 0 Å². The van der Waals surface area contributed by atoms with E-state index in [4.69, 9.17) is 18.9 Å². The predicted octanol–water partition coefficient (Wildman–Crippen LogP) is 3.67. The molecule has 1 unspecified atom stereocenters. The first kappa shape index (κ1) is 25.9. The molecule has 1 aliphatic rings. The van der Waals surface area contributed by atoms with Gasteiger partial charge >= 0.3 is 12.3 Å². The Morgan fingerprint density at radius 1 is 1.00 bits per heavy atom. The molecule has 2 rings (SSSR count). The van der Waals surface area contributed by atoms with Crippen LogP contribution in [0.2, 0.25) is 0 Å². The summed E-state index contributed by atoms with van der Waals surface area (Å²) >= 11 is 0. The predicted molar refractivity (Wildman–Crippen MR) is 112 cm³/mol. The molecule has 34 heavy (non-hydrogen) atoms. The van der Waals surface area contributed by atoms with Crippen LogP contribution >= 0.6 is 0 Å². The number of nitrogens with one attached hydrogen (secondary N) is 1. The third-order valence-corrected chi connectivity index (χ3v) is 4.30. The molecule has 14 nitrogen and oxygen atoms in total. The summed E-state index contributed by atoms with van der Waals surface area (Å²) in [6.45, 7) is 5.30. The highest BCUT2D eigenvalue weighted by atomic mass is 17.0. The van der Waals surface area contributed by atoms with Crippen molar-refractivity contribution in [2.24, 2.45) is 0 Å². The van der Waals surface area contributed by atoms with Crippen LogP contribution in [0, 0.1) is 20.2 Å². The van der Waals surface area contributed by atoms with Gasteiger partial charge in [0.15, 0.2) is 0 Å². The first-order chi connectivity index (χ1) is 16.0. The summed E-state index contributed by atoms with van der Waals surface area (Å²) in [4.78, 5) is 49.8. The van der Waals surface area contributed by atoms with Gasteiger partial charge in [-0.25, -0.2) is 9.59 Å². The van der Waals surface area contributed by atoms with Gasteiger partial charge in [0.25, 0.3) is 10.8 Å². The number of nitrogens with zero attached hydrogens (tertiary/aromatic N) is 2. The lowest BCUT2D eigenvalue weighted by Crippen LogP contribution is -2.30. The van der Waals surface area contributed by atoms with Crippen molar-refractivity contribution in [3.05, 3.63) is 73.0 Å². The van der Waals surface area contributed by atoms with E-state index in [0.717, 1.165) is 0 Å². The van der Waals surface area contributed by atoms with E-state index in [1.807, 2.05) is 0 Å². The van der Waals surface area contributed by atoms with Crippen molar-refractivity contribution in [3.63, 3.8) is 0 Å². The van der Waals surface area contributed by atoms with Crippen LogP contribution < -0.4 is 5.32 Å². The molecule has 0 radical (unpaired) electrons. The molecule has 1 N–H and O–H groups in total. The van der Waals surface area contributed by atoms with E-state index >= 15 is 0 Å². The Hall–Kier alpha value is -4.36. The second kappa shape index (κ2) is 11.5. The average Bonchev–Trinajstić information content (AvgIpc) is 2.74. The highest BCUT2D eigenvalue weighted by Gasteiger charge is 2.39. The molecule has 0 fully saturated rings. The third-order valence-electron chi connectivity index (χ3n) is 4.30. The van der Waals surface area contributed by atoms with Gasteiger partial charge in [-0.05, 0) is 27.7 Å². The number of carbonyl (C=O) groups excluding carboxylic acids is 2. The molecule has 1 aliphatic heterocycles. The van der Waals surface area contributed by atoms with E-state index in [0.29, 0.717) is 5.70 Å². The van der Waals surface area contributed by atoms with Crippen molar-refractivity contribution < 1.29 is 43.4 Å². The summed E-state index contributed by atoms with van der Waals surface area (Å²) in [7, 11) is 0. The molecule has 0 saturated carbocycles. The largest absolute Gasteiger partial charge is 0.513 e. The monoisotopic (exact) mass is 481 g/mol. The van der Waals surface area contributed by atoms with Crippen LogP contribution in [-0.4, -0.2) is 41.6 Å². The van der Waals surface area contributed by atoms with Gasteiger partial charge in [0.2, 0.25) is 0 Å². The molecule has 184 valence electrons. The van der Waals surface area contributed by atoms with Crippen molar-refractivity contribution in [2.45, 2.75) is 39.7 Å². The Kier molecular flexibility index (Phi) is 8.75. The molecular weight excluding hydrogens is 458 g/mol. The summed E-state index contributed by atoms with van der Waals surface area (Å²) in [6.07, 6.45) is -2.82. The molecule has 1 aromatic rings. The Bertz CT molecular complexity index is 1030. The number of hydrogen-bond donors (Lipinski definition) is 1. The van der Waals surface area contributed by atoms with Crippen LogP contribution in [0.1, 0.15) is 39.2 Å². The molecule has 0 spiro atoms. The smallest absolute Gasteiger partial charge is 0.432 e. The highest BCUT2D eigenvalue weighted by molar-refractivity contribution is 5.66. The van der Waals surface area contributed by atoms with Crippen molar-refractivity contribution in [1.29, 1.82) is 0 Å². The lowest BCUT2D eigenvalue weighted by Gasteiger charge is -2.30. The highest BCUT2D eigenvalue weighted by Crippen LogP contribution is 2.42. The molecule has 0 aliphatic carbocycles. The van der Waals surface area contributed by atoms with Gasteiger partial charge in [-0.15, -0.1) is 10.1 Å². The second-order valence-corrected chi connectivity index (χ2v) is 7.13. The minimum absolute atomic E-state index is 0.0690. The van der Waals surface area contributed by atoms with E-state index in [-0.39, 0.29) is 28.5 Å². The summed E-state index contributed by atoms with van der Waals surface area (Å²) in [5, 5.41) is 23.7. The lowest BCUT2D eigenvalue weighted by molar-refractivity contribution is -0.757. The first-order valence-electron chi connectivity index (χ1n) is 9.93. The van der Waals surface area contributed by atoms with Crippen LogP contribution in [0.3, 0.4) is 0 Å². The number of rotatable bonds is 9. The van der Waals surface area contributed by atoms with Gasteiger partial charge in [0.1, 0.15) is 30.6 Å². The maximum atomic E-state index is 12.2. The summed E-state index contributed by atoms with van der Waals surface area (Å²) in [5.74, 6) is -1.44. The first-order valence-corrected chi connectivity index (χ1v) is 9.93. The molecular formula is C20H23N3O11. The zero-order valence-corrected chi connectivity index (χ0v) is 18.8. The van der Waals surface area contributed by atoms with Gasteiger partial charge in [-0.1, -0.05) is 18.2 Å². The fourth-order valence-corrected chi connectivity index (χ4v) is 3.07.